The van der Waals surface area contributed by atoms with Crippen LogP contribution in [-0.4, -0.2) is 6.72 Å². The normalized spacial score (nSPS) is 10.9. The van der Waals surface area contributed by atoms with Gasteiger partial charge in [-0.1, -0.05) is 91.0 Å². The Hall–Kier alpha value is -5.98. The molecule has 0 radical (unpaired) electrons. The molecule has 3 nitrogen and oxygen atoms in total. The van der Waals surface area contributed by atoms with Gasteiger partial charge in [-0.15, -0.1) is 0 Å². The zero-order valence-corrected chi connectivity index (χ0v) is 24.2. The predicted octanol–water partition coefficient (Wildman–Crippen LogP) is 10.9. The Kier molecular flexibility index (Phi) is 7.16. The van der Waals surface area contributed by atoms with Crippen molar-refractivity contribution in [3.05, 3.63) is 163 Å². The fourth-order valence-electron chi connectivity index (χ4n) is 5.95. The van der Waals surface area contributed by atoms with Crippen LogP contribution in [0.5, 0.6) is 0 Å². The van der Waals surface area contributed by atoms with E-state index < -0.39 is 0 Å². The number of nitriles is 1. The van der Waals surface area contributed by atoms with E-state index in [1.54, 1.807) is 0 Å². The third-order valence-corrected chi connectivity index (χ3v) is 8.18. The van der Waals surface area contributed by atoms with E-state index in [2.05, 4.69) is 126 Å². The van der Waals surface area contributed by atoms with E-state index in [4.69, 9.17) is 0 Å². The van der Waals surface area contributed by atoms with E-state index in [9.17, 15) is 5.26 Å². The maximum atomic E-state index is 9.30. The fourth-order valence-corrected chi connectivity index (χ4v) is 5.95. The van der Waals surface area contributed by atoms with Gasteiger partial charge in [0.15, 0.2) is 0 Å². The molecule has 0 unspecified atom stereocenters. The number of para-hydroxylation sites is 3. The van der Waals surface area contributed by atoms with E-state index in [-0.39, 0.29) is 0 Å². The monoisotopic (exact) mass is 563 g/mol. The van der Waals surface area contributed by atoms with Gasteiger partial charge in [0.2, 0.25) is 0 Å². The van der Waals surface area contributed by atoms with E-state index in [0.29, 0.717) is 12.1 Å². The van der Waals surface area contributed by atoms with Gasteiger partial charge in [-0.2, -0.15) is 5.26 Å². The molecule has 0 N–H and O–H groups in total. The van der Waals surface area contributed by atoms with E-state index in [1.807, 2.05) is 48.5 Å². The highest BCUT2D eigenvalue weighted by atomic mass is 15.1. The minimum Gasteiger partial charge on any atom is -0.335 e. The molecule has 3 heteroatoms. The minimum absolute atomic E-state index is 0.662. The van der Waals surface area contributed by atoms with Gasteiger partial charge in [0.25, 0.3) is 0 Å². The molecule has 0 saturated heterocycles. The third kappa shape index (κ3) is 5.22. The fraction of sp³-hybridized carbons (Fsp3) is 0.0244. The number of rotatable bonds is 7. The lowest BCUT2D eigenvalue weighted by atomic mass is 9.92. The topological polar surface area (TPSA) is 39.4 Å². The standard InChI is InChI=1S/C41H29N3/c1-43-40-13-7-8-14-41(40)44(37-10-3-2-4-11-37)28-30-17-18-31-21-22-33(24-35(31)23-30)36-25-34-9-5-6-12-38(34)39(26-36)32-19-15-29(27-42)16-20-32/h2-26H,1,28H2. The van der Waals surface area contributed by atoms with Gasteiger partial charge >= 0.3 is 0 Å². The highest BCUT2D eigenvalue weighted by Gasteiger charge is 2.14. The van der Waals surface area contributed by atoms with Gasteiger partial charge in [-0.05, 0) is 117 Å². The van der Waals surface area contributed by atoms with Gasteiger partial charge in [0, 0.05) is 12.2 Å². The Morgan fingerprint density at radius 2 is 1.30 bits per heavy atom. The molecule has 0 amide bonds. The maximum absolute atomic E-state index is 9.30. The second-order valence-electron chi connectivity index (χ2n) is 10.9. The van der Waals surface area contributed by atoms with Crippen molar-refractivity contribution in [2.45, 2.75) is 6.54 Å². The van der Waals surface area contributed by atoms with E-state index in [0.717, 1.165) is 39.3 Å². The SMILES string of the molecule is C=Nc1ccccc1N(Cc1ccc2ccc(-c3cc(-c4ccc(C#N)cc4)c4ccccc4c3)cc2c1)c1ccccc1. The van der Waals surface area contributed by atoms with Crippen LogP contribution in [0.15, 0.2) is 157 Å². The first-order valence-corrected chi connectivity index (χ1v) is 14.6. The summed E-state index contributed by atoms with van der Waals surface area (Å²) in [5, 5.41) is 14.1. The molecule has 44 heavy (non-hydrogen) atoms. The van der Waals surface area contributed by atoms with Crippen LogP contribution in [-0.2, 0) is 6.54 Å². The van der Waals surface area contributed by atoms with Crippen molar-refractivity contribution >= 4 is 45.3 Å². The second-order valence-corrected chi connectivity index (χ2v) is 10.9. The van der Waals surface area contributed by atoms with Crippen molar-refractivity contribution in [1.82, 2.24) is 0 Å². The highest BCUT2D eigenvalue weighted by Crippen LogP contribution is 2.37. The Morgan fingerprint density at radius 3 is 2.11 bits per heavy atom. The molecule has 0 fully saturated rings. The Labute approximate surface area is 257 Å². The van der Waals surface area contributed by atoms with Crippen LogP contribution in [0.4, 0.5) is 17.1 Å². The molecule has 0 aliphatic carbocycles. The summed E-state index contributed by atoms with van der Waals surface area (Å²) in [4.78, 5) is 6.60. The average Bonchev–Trinajstić information content (AvgIpc) is 3.10. The van der Waals surface area contributed by atoms with Gasteiger partial charge < -0.3 is 4.90 Å². The zero-order valence-electron chi connectivity index (χ0n) is 24.2. The maximum Gasteiger partial charge on any atom is 0.0991 e. The Bertz CT molecular complexity index is 2170. The second kappa shape index (κ2) is 11.7. The molecular weight excluding hydrogens is 534 g/mol. The van der Waals surface area contributed by atoms with Crippen molar-refractivity contribution in [2.75, 3.05) is 4.90 Å². The van der Waals surface area contributed by atoms with Crippen molar-refractivity contribution < 1.29 is 0 Å². The lowest BCUT2D eigenvalue weighted by Crippen LogP contribution is -2.16. The molecule has 7 aromatic carbocycles. The summed E-state index contributed by atoms with van der Waals surface area (Å²) in [5.74, 6) is 0. The first kappa shape index (κ1) is 26.9. The Balaban J connectivity index is 1.30. The predicted molar refractivity (Wildman–Crippen MR) is 185 cm³/mol. The number of aliphatic imine (C=N–C) groups is 1. The molecule has 0 spiro atoms. The molecule has 0 bridgehead atoms. The quantitative estimate of drug-likeness (QED) is 0.181. The summed E-state index contributed by atoms with van der Waals surface area (Å²) in [6, 6.07) is 55.1. The lowest BCUT2D eigenvalue weighted by Gasteiger charge is -2.26. The van der Waals surface area contributed by atoms with Crippen LogP contribution in [0.3, 0.4) is 0 Å². The van der Waals surface area contributed by atoms with Crippen LogP contribution in [0.25, 0.3) is 43.8 Å². The summed E-state index contributed by atoms with van der Waals surface area (Å²) >= 11 is 0. The average molecular weight is 564 g/mol. The minimum atomic E-state index is 0.662. The molecule has 0 heterocycles. The molecule has 0 aromatic heterocycles. The summed E-state index contributed by atoms with van der Waals surface area (Å²) in [7, 11) is 0. The van der Waals surface area contributed by atoms with Crippen LogP contribution in [0.2, 0.25) is 0 Å². The van der Waals surface area contributed by atoms with Gasteiger partial charge in [0.05, 0.1) is 23.0 Å². The largest absolute Gasteiger partial charge is 0.335 e. The van der Waals surface area contributed by atoms with E-state index >= 15 is 0 Å². The van der Waals surface area contributed by atoms with Crippen molar-refractivity contribution in [3.8, 4) is 28.3 Å². The highest BCUT2D eigenvalue weighted by molar-refractivity contribution is 6.01. The van der Waals surface area contributed by atoms with Gasteiger partial charge in [-0.3, -0.25) is 4.99 Å². The van der Waals surface area contributed by atoms with Gasteiger partial charge in [-0.25, -0.2) is 0 Å². The molecule has 7 rings (SSSR count). The number of benzene rings is 7. The first-order valence-electron chi connectivity index (χ1n) is 14.6. The summed E-state index contributed by atoms with van der Waals surface area (Å²) in [6.45, 7) is 4.51. The number of hydrogen-bond donors (Lipinski definition) is 0. The molecule has 0 saturated carbocycles. The summed E-state index contributed by atoms with van der Waals surface area (Å²) in [5.41, 5.74) is 9.42. The number of anilines is 2. The molecule has 208 valence electrons. The number of fused-ring (bicyclic) bond motifs is 2. The lowest BCUT2D eigenvalue weighted by molar-refractivity contribution is 0.977. The van der Waals surface area contributed by atoms with Crippen LogP contribution in [0, 0.1) is 11.3 Å². The molecule has 7 aromatic rings. The first-order chi connectivity index (χ1) is 21.7. The third-order valence-electron chi connectivity index (χ3n) is 8.18. The Morgan fingerprint density at radius 1 is 0.591 bits per heavy atom. The molecular formula is C41H29N3. The summed E-state index contributed by atoms with van der Waals surface area (Å²) < 4.78 is 0. The number of hydrogen-bond acceptors (Lipinski definition) is 3. The smallest absolute Gasteiger partial charge is 0.0991 e. The molecule has 0 atom stereocenters. The van der Waals surface area contributed by atoms with Crippen molar-refractivity contribution in [2.24, 2.45) is 4.99 Å². The zero-order chi connectivity index (χ0) is 29.9. The van der Waals surface area contributed by atoms with Gasteiger partial charge in [0.1, 0.15) is 0 Å². The van der Waals surface area contributed by atoms with Crippen LogP contribution < -0.4 is 4.90 Å². The number of nitrogens with zero attached hydrogens (tertiary/aromatic N) is 3. The van der Waals surface area contributed by atoms with Crippen molar-refractivity contribution in [1.29, 1.82) is 5.26 Å². The van der Waals surface area contributed by atoms with Crippen LogP contribution >= 0.6 is 0 Å². The van der Waals surface area contributed by atoms with Crippen LogP contribution in [0.1, 0.15) is 11.1 Å². The van der Waals surface area contributed by atoms with E-state index in [1.165, 1.54) is 27.1 Å². The summed E-state index contributed by atoms with van der Waals surface area (Å²) in [6.07, 6.45) is 0. The van der Waals surface area contributed by atoms with Crippen molar-refractivity contribution in [3.63, 3.8) is 0 Å². The molecule has 0 aliphatic rings. The molecule has 0 aliphatic heterocycles.